The van der Waals surface area contributed by atoms with E-state index in [1.165, 1.54) is 6.33 Å². The van der Waals surface area contributed by atoms with Crippen molar-refractivity contribution >= 4 is 29.3 Å². The van der Waals surface area contributed by atoms with Crippen molar-refractivity contribution < 1.29 is 0 Å². The molecule has 52 valence electrons. The van der Waals surface area contributed by atoms with Gasteiger partial charge in [-0.3, -0.25) is 5.41 Å². The summed E-state index contributed by atoms with van der Waals surface area (Å²) in [5.41, 5.74) is 0.400. The number of aromatic amines is 1. The summed E-state index contributed by atoms with van der Waals surface area (Å²) in [7, 11) is 0. The van der Waals surface area contributed by atoms with E-state index in [4.69, 9.17) is 17.0 Å². The summed E-state index contributed by atoms with van der Waals surface area (Å²) in [5.74, 6) is 0.361. The zero-order valence-electron chi connectivity index (χ0n) is 5.06. The molecule has 10 heavy (non-hydrogen) atoms. The third-order valence-corrected chi connectivity index (χ3v) is 1.18. The van der Waals surface area contributed by atoms with Crippen LogP contribution in [-0.2, 0) is 0 Å². The number of aromatic nitrogens is 2. The SMILES string of the molecule is C=Nc1nc[nH]c1C(=N)Cl. The van der Waals surface area contributed by atoms with E-state index in [0.29, 0.717) is 11.5 Å². The lowest BCUT2D eigenvalue weighted by molar-refractivity contribution is 1.30. The van der Waals surface area contributed by atoms with Gasteiger partial charge in [-0.05, 0) is 6.72 Å². The minimum atomic E-state index is -0.111. The molecule has 2 N–H and O–H groups in total. The van der Waals surface area contributed by atoms with Crippen LogP contribution in [0.15, 0.2) is 11.3 Å². The van der Waals surface area contributed by atoms with E-state index in [0.717, 1.165) is 0 Å². The summed E-state index contributed by atoms with van der Waals surface area (Å²) in [6, 6.07) is 0. The highest BCUT2D eigenvalue weighted by molar-refractivity contribution is 6.68. The predicted molar refractivity (Wildman–Crippen MR) is 40.5 cm³/mol. The maximum Gasteiger partial charge on any atom is 0.179 e. The predicted octanol–water partition coefficient (Wildman–Crippen LogP) is 1.31. The molecular weight excluding hydrogens is 152 g/mol. The highest BCUT2D eigenvalue weighted by Gasteiger charge is 2.05. The Balaban J connectivity index is 3.13. The van der Waals surface area contributed by atoms with Crippen LogP contribution >= 0.6 is 11.6 Å². The van der Waals surface area contributed by atoms with E-state index in [9.17, 15) is 0 Å². The summed E-state index contributed by atoms with van der Waals surface area (Å²) < 4.78 is 0. The molecular formula is C5H5ClN4. The molecule has 0 fully saturated rings. The average molecular weight is 157 g/mol. The van der Waals surface area contributed by atoms with Gasteiger partial charge in [0.2, 0.25) is 0 Å². The van der Waals surface area contributed by atoms with Crippen molar-refractivity contribution in [1.29, 1.82) is 5.41 Å². The van der Waals surface area contributed by atoms with Crippen molar-refractivity contribution in [2.24, 2.45) is 4.99 Å². The molecule has 0 saturated carbocycles. The van der Waals surface area contributed by atoms with E-state index in [1.807, 2.05) is 0 Å². The highest BCUT2D eigenvalue weighted by atomic mass is 35.5. The number of nitrogens with zero attached hydrogens (tertiary/aromatic N) is 2. The van der Waals surface area contributed by atoms with E-state index in [-0.39, 0.29) is 5.17 Å². The van der Waals surface area contributed by atoms with Gasteiger partial charge in [0.1, 0.15) is 10.9 Å². The minimum absolute atomic E-state index is 0.111. The first-order valence-corrected chi connectivity index (χ1v) is 2.88. The van der Waals surface area contributed by atoms with Crippen LogP contribution in [0.25, 0.3) is 0 Å². The fourth-order valence-electron chi connectivity index (χ4n) is 0.568. The first-order valence-electron chi connectivity index (χ1n) is 2.50. The molecule has 0 bridgehead atoms. The van der Waals surface area contributed by atoms with Crippen LogP contribution < -0.4 is 0 Å². The lowest BCUT2D eigenvalue weighted by Gasteiger charge is -1.88. The Labute approximate surface area is 62.5 Å². The Kier molecular flexibility index (Phi) is 1.82. The number of H-pyrrole nitrogens is 1. The summed E-state index contributed by atoms with van der Waals surface area (Å²) in [6.45, 7) is 3.26. The van der Waals surface area contributed by atoms with E-state index in [2.05, 4.69) is 21.7 Å². The van der Waals surface area contributed by atoms with Gasteiger partial charge in [-0.15, -0.1) is 0 Å². The Hall–Kier alpha value is -1.16. The van der Waals surface area contributed by atoms with Crippen molar-refractivity contribution in [1.82, 2.24) is 9.97 Å². The summed E-state index contributed by atoms with van der Waals surface area (Å²) >= 11 is 5.35. The van der Waals surface area contributed by atoms with Crippen LogP contribution in [0.4, 0.5) is 5.82 Å². The molecule has 0 aromatic carbocycles. The Morgan fingerprint density at radius 3 is 3.00 bits per heavy atom. The monoisotopic (exact) mass is 156 g/mol. The number of hydrogen-bond donors (Lipinski definition) is 2. The van der Waals surface area contributed by atoms with Gasteiger partial charge in [-0.2, -0.15) is 0 Å². The summed E-state index contributed by atoms with van der Waals surface area (Å²) in [4.78, 5) is 9.93. The van der Waals surface area contributed by atoms with Crippen LogP contribution in [-0.4, -0.2) is 21.9 Å². The van der Waals surface area contributed by atoms with Crippen molar-refractivity contribution in [3.8, 4) is 0 Å². The molecule has 0 atom stereocenters. The van der Waals surface area contributed by atoms with Crippen LogP contribution in [0, 0.1) is 5.41 Å². The first-order chi connectivity index (χ1) is 4.75. The molecule has 0 amide bonds. The third kappa shape index (κ3) is 1.06. The normalized spacial score (nSPS) is 9.30. The lowest BCUT2D eigenvalue weighted by Crippen LogP contribution is -1.87. The second kappa shape index (κ2) is 2.62. The molecule has 5 heteroatoms. The highest BCUT2D eigenvalue weighted by Crippen LogP contribution is 2.13. The minimum Gasteiger partial charge on any atom is -0.341 e. The number of aliphatic imine (C=N–C) groups is 1. The molecule has 0 spiro atoms. The number of rotatable bonds is 2. The molecule has 0 aliphatic rings. The Morgan fingerprint density at radius 2 is 2.60 bits per heavy atom. The smallest absolute Gasteiger partial charge is 0.179 e. The van der Waals surface area contributed by atoms with E-state index < -0.39 is 0 Å². The fraction of sp³-hybridized carbons (Fsp3) is 0. The second-order valence-electron chi connectivity index (χ2n) is 1.57. The van der Waals surface area contributed by atoms with Gasteiger partial charge >= 0.3 is 0 Å². The first kappa shape index (κ1) is 6.95. The van der Waals surface area contributed by atoms with E-state index in [1.54, 1.807) is 0 Å². The fourth-order valence-corrected chi connectivity index (χ4v) is 0.708. The molecule has 1 aromatic rings. The lowest BCUT2D eigenvalue weighted by atomic mass is 10.5. The van der Waals surface area contributed by atoms with Gasteiger partial charge in [0, 0.05) is 0 Å². The van der Waals surface area contributed by atoms with Gasteiger partial charge in [-0.25, -0.2) is 9.98 Å². The van der Waals surface area contributed by atoms with Gasteiger partial charge < -0.3 is 4.98 Å². The standard InChI is InChI=1S/C5H5ClN4/c1-8-5-3(4(6)7)9-2-10-5/h2,7H,1H2,(H,9,10). The van der Waals surface area contributed by atoms with Gasteiger partial charge in [0.15, 0.2) is 5.82 Å². The quantitative estimate of drug-likeness (QED) is 0.623. The van der Waals surface area contributed by atoms with Gasteiger partial charge in [0.25, 0.3) is 0 Å². The number of nitrogens with one attached hydrogen (secondary N) is 2. The molecule has 0 aliphatic carbocycles. The Morgan fingerprint density at radius 1 is 1.90 bits per heavy atom. The van der Waals surface area contributed by atoms with Crippen LogP contribution in [0.1, 0.15) is 5.69 Å². The summed E-state index contributed by atoms with van der Waals surface area (Å²) in [6.07, 6.45) is 1.41. The largest absolute Gasteiger partial charge is 0.341 e. The van der Waals surface area contributed by atoms with Crippen molar-refractivity contribution in [2.75, 3.05) is 0 Å². The molecule has 0 aliphatic heterocycles. The van der Waals surface area contributed by atoms with Crippen molar-refractivity contribution in [3.63, 3.8) is 0 Å². The third-order valence-electron chi connectivity index (χ3n) is 0.989. The molecule has 0 radical (unpaired) electrons. The second-order valence-corrected chi connectivity index (χ2v) is 1.95. The van der Waals surface area contributed by atoms with Gasteiger partial charge in [-0.1, -0.05) is 11.6 Å². The molecule has 4 nitrogen and oxygen atoms in total. The molecule has 0 saturated heterocycles. The van der Waals surface area contributed by atoms with Gasteiger partial charge in [0.05, 0.1) is 6.33 Å². The van der Waals surface area contributed by atoms with Crippen molar-refractivity contribution in [3.05, 3.63) is 12.0 Å². The van der Waals surface area contributed by atoms with Crippen LogP contribution in [0.5, 0.6) is 0 Å². The zero-order chi connectivity index (χ0) is 7.56. The van der Waals surface area contributed by atoms with Crippen LogP contribution in [0.2, 0.25) is 0 Å². The molecule has 1 rings (SSSR count). The summed E-state index contributed by atoms with van der Waals surface area (Å²) in [5, 5.41) is 6.89. The maximum atomic E-state index is 7.00. The van der Waals surface area contributed by atoms with Crippen LogP contribution in [0.3, 0.4) is 0 Å². The Bertz CT molecular complexity index is 264. The average Bonchev–Trinajstić information content (AvgIpc) is 2.33. The number of hydrogen-bond acceptors (Lipinski definition) is 3. The molecule has 1 heterocycles. The number of halogens is 1. The molecule has 0 unspecified atom stereocenters. The maximum absolute atomic E-state index is 7.00. The number of imidazole rings is 1. The topological polar surface area (TPSA) is 64.9 Å². The van der Waals surface area contributed by atoms with Crippen molar-refractivity contribution in [2.45, 2.75) is 0 Å². The zero-order valence-corrected chi connectivity index (χ0v) is 5.81. The van der Waals surface area contributed by atoms with E-state index >= 15 is 0 Å². The molecule has 1 aromatic heterocycles.